The summed E-state index contributed by atoms with van der Waals surface area (Å²) < 4.78 is 10.7. The van der Waals surface area contributed by atoms with Crippen molar-refractivity contribution in [2.24, 2.45) is 0 Å². The van der Waals surface area contributed by atoms with Crippen LogP contribution in [0.1, 0.15) is 48.7 Å². The molecule has 0 aromatic carbocycles. The van der Waals surface area contributed by atoms with Gasteiger partial charge in [0.1, 0.15) is 0 Å². The number of hydrogen-bond acceptors (Lipinski definition) is 6. The number of nitrogens with zero attached hydrogens (tertiary/aromatic N) is 2. The van der Waals surface area contributed by atoms with Crippen molar-refractivity contribution in [2.45, 2.75) is 43.1 Å². The van der Waals surface area contributed by atoms with Gasteiger partial charge in [-0.3, -0.25) is 0 Å². The quantitative estimate of drug-likeness (QED) is 0.906. The van der Waals surface area contributed by atoms with Crippen molar-refractivity contribution in [3.63, 3.8) is 0 Å². The number of thioether (sulfide) groups is 1. The first-order chi connectivity index (χ1) is 8.86. The van der Waals surface area contributed by atoms with Gasteiger partial charge in [-0.25, -0.2) is 0 Å². The van der Waals surface area contributed by atoms with Gasteiger partial charge in [0.05, 0.1) is 17.4 Å². The van der Waals surface area contributed by atoms with Gasteiger partial charge >= 0.3 is 0 Å². The van der Waals surface area contributed by atoms with Gasteiger partial charge in [0.15, 0.2) is 5.82 Å². The highest BCUT2D eigenvalue weighted by Gasteiger charge is 2.30. The fourth-order valence-corrected chi connectivity index (χ4v) is 3.77. The number of nitrogens with one attached hydrogen (secondary N) is 1. The number of hydrogen-bond donors (Lipinski definition) is 1. The van der Waals surface area contributed by atoms with Gasteiger partial charge in [0, 0.05) is 13.7 Å². The van der Waals surface area contributed by atoms with E-state index in [1.807, 2.05) is 11.8 Å². The molecule has 2 fully saturated rings. The zero-order chi connectivity index (χ0) is 12.4. The van der Waals surface area contributed by atoms with E-state index in [0.717, 1.165) is 24.7 Å². The molecule has 3 heterocycles. The monoisotopic (exact) mass is 269 g/mol. The van der Waals surface area contributed by atoms with Crippen LogP contribution in [0.3, 0.4) is 0 Å². The van der Waals surface area contributed by atoms with E-state index in [2.05, 4.69) is 15.5 Å². The third kappa shape index (κ3) is 2.55. The lowest BCUT2D eigenvalue weighted by Crippen LogP contribution is -2.16. The van der Waals surface area contributed by atoms with Gasteiger partial charge in [-0.2, -0.15) is 16.7 Å². The molecule has 0 spiro atoms. The summed E-state index contributed by atoms with van der Waals surface area (Å²) in [6.07, 6.45) is 4.92. The Bertz CT molecular complexity index is 392. The topological polar surface area (TPSA) is 60.2 Å². The maximum absolute atomic E-state index is 5.40. The second-order valence-electron chi connectivity index (χ2n) is 4.90. The molecular weight excluding hydrogens is 250 g/mol. The highest BCUT2D eigenvalue weighted by Crippen LogP contribution is 2.37. The van der Waals surface area contributed by atoms with Crippen LogP contribution in [0.15, 0.2) is 4.52 Å². The second-order valence-corrected chi connectivity index (χ2v) is 6.21. The molecule has 0 aliphatic carbocycles. The predicted octanol–water partition coefficient (Wildman–Crippen LogP) is 2.08. The Hall–Kier alpha value is -0.590. The van der Waals surface area contributed by atoms with E-state index in [-0.39, 0.29) is 12.1 Å². The molecule has 1 aromatic rings. The largest absolute Gasteiger partial charge is 0.380 e. The first-order valence-corrected chi connectivity index (χ1v) is 7.63. The van der Waals surface area contributed by atoms with Crippen molar-refractivity contribution in [3.8, 4) is 0 Å². The molecule has 1 unspecified atom stereocenters. The fraction of sp³-hybridized carbons (Fsp3) is 0.833. The minimum absolute atomic E-state index is 0.157. The Kier molecular flexibility index (Phi) is 3.86. The molecule has 3 atom stereocenters. The maximum atomic E-state index is 5.40. The van der Waals surface area contributed by atoms with E-state index in [1.54, 1.807) is 7.11 Å². The van der Waals surface area contributed by atoms with Crippen LogP contribution < -0.4 is 5.32 Å². The van der Waals surface area contributed by atoms with Gasteiger partial charge < -0.3 is 14.6 Å². The van der Waals surface area contributed by atoms with Crippen LogP contribution in [0.4, 0.5) is 0 Å². The molecule has 1 N–H and O–H groups in total. The number of aromatic nitrogens is 2. The molecule has 0 radical (unpaired) electrons. The molecule has 5 nitrogen and oxygen atoms in total. The average molecular weight is 269 g/mol. The number of ether oxygens (including phenoxy) is 1. The highest BCUT2D eigenvalue weighted by atomic mass is 32.2. The Morgan fingerprint density at radius 2 is 2.39 bits per heavy atom. The minimum Gasteiger partial charge on any atom is -0.380 e. The molecule has 0 bridgehead atoms. The van der Waals surface area contributed by atoms with Crippen molar-refractivity contribution >= 4 is 11.8 Å². The number of rotatable bonds is 3. The molecule has 2 aliphatic heterocycles. The molecular formula is C12H19N3O2S. The van der Waals surface area contributed by atoms with Gasteiger partial charge in [-0.1, -0.05) is 11.6 Å². The summed E-state index contributed by atoms with van der Waals surface area (Å²) in [5, 5.41) is 7.94. The average Bonchev–Trinajstić information content (AvgIpc) is 3.08. The lowest BCUT2D eigenvalue weighted by atomic mass is 10.2. The van der Waals surface area contributed by atoms with Crippen LogP contribution in [0.5, 0.6) is 0 Å². The molecule has 0 amide bonds. The maximum Gasteiger partial charge on any atom is 0.243 e. The molecule has 18 heavy (non-hydrogen) atoms. The molecule has 2 aliphatic rings. The van der Waals surface area contributed by atoms with Crippen LogP contribution in [0.25, 0.3) is 0 Å². The Balaban J connectivity index is 1.66. The van der Waals surface area contributed by atoms with Crippen molar-refractivity contribution in [2.75, 3.05) is 19.4 Å². The summed E-state index contributed by atoms with van der Waals surface area (Å²) in [5.41, 5.74) is 0. The van der Waals surface area contributed by atoms with Crippen molar-refractivity contribution in [3.05, 3.63) is 11.7 Å². The normalized spacial score (nSPS) is 32.8. The van der Waals surface area contributed by atoms with E-state index in [1.165, 1.54) is 25.0 Å². The SMILES string of the molecule is CO[C@@H]1CN[C@@H](c2nc(C3CCCCS3)no2)C1. The standard InChI is InChI=1S/C12H19N3O2S/c1-16-8-6-9(13-7-8)12-14-11(15-17-12)10-4-2-3-5-18-10/h8-10,13H,2-7H2,1H3/t8-,9+,10?/m0/s1. The Morgan fingerprint density at radius 3 is 3.11 bits per heavy atom. The third-order valence-corrected chi connectivity index (χ3v) is 5.02. The third-order valence-electron chi connectivity index (χ3n) is 3.65. The van der Waals surface area contributed by atoms with Crippen molar-refractivity contribution in [1.29, 1.82) is 0 Å². The van der Waals surface area contributed by atoms with E-state index in [0.29, 0.717) is 5.25 Å². The number of methoxy groups -OCH3 is 1. The van der Waals surface area contributed by atoms with Crippen LogP contribution >= 0.6 is 11.8 Å². The second kappa shape index (κ2) is 5.59. The molecule has 2 saturated heterocycles. The smallest absolute Gasteiger partial charge is 0.243 e. The summed E-state index contributed by atoms with van der Waals surface area (Å²) >= 11 is 1.95. The summed E-state index contributed by atoms with van der Waals surface area (Å²) in [6, 6.07) is 0.157. The predicted molar refractivity (Wildman–Crippen MR) is 69.5 cm³/mol. The first-order valence-electron chi connectivity index (χ1n) is 6.58. The summed E-state index contributed by atoms with van der Waals surface area (Å²) in [6.45, 7) is 0.858. The van der Waals surface area contributed by atoms with E-state index < -0.39 is 0 Å². The summed E-state index contributed by atoms with van der Waals surface area (Å²) in [4.78, 5) is 4.57. The van der Waals surface area contributed by atoms with Crippen LogP contribution in [-0.4, -0.2) is 35.7 Å². The minimum atomic E-state index is 0.157. The molecule has 6 heteroatoms. The Labute approximate surface area is 111 Å². The van der Waals surface area contributed by atoms with Crippen LogP contribution in [0, 0.1) is 0 Å². The summed E-state index contributed by atoms with van der Waals surface area (Å²) in [7, 11) is 1.74. The first kappa shape index (κ1) is 12.4. The van der Waals surface area contributed by atoms with Gasteiger partial charge in [-0.15, -0.1) is 0 Å². The highest BCUT2D eigenvalue weighted by molar-refractivity contribution is 7.99. The molecule has 3 rings (SSSR count). The van der Waals surface area contributed by atoms with Crippen molar-refractivity contribution < 1.29 is 9.26 Å². The van der Waals surface area contributed by atoms with Gasteiger partial charge in [-0.05, 0) is 25.0 Å². The molecule has 1 aromatic heterocycles. The Morgan fingerprint density at radius 1 is 1.44 bits per heavy atom. The lowest BCUT2D eigenvalue weighted by molar-refractivity contribution is 0.116. The van der Waals surface area contributed by atoms with Crippen LogP contribution in [0.2, 0.25) is 0 Å². The van der Waals surface area contributed by atoms with Crippen molar-refractivity contribution in [1.82, 2.24) is 15.5 Å². The zero-order valence-electron chi connectivity index (χ0n) is 10.6. The van der Waals surface area contributed by atoms with Gasteiger partial charge in [0.25, 0.3) is 0 Å². The zero-order valence-corrected chi connectivity index (χ0v) is 11.4. The van der Waals surface area contributed by atoms with Gasteiger partial charge in [0.2, 0.25) is 5.89 Å². The fourth-order valence-electron chi connectivity index (χ4n) is 2.53. The lowest BCUT2D eigenvalue weighted by Gasteiger charge is -2.17. The summed E-state index contributed by atoms with van der Waals surface area (Å²) in [5.74, 6) is 2.80. The van der Waals surface area contributed by atoms with E-state index >= 15 is 0 Å². The van der Waals surface area contributed by atoms with Crippen LogP contribution in [-0.2, 0) is 4.74 Å². The molecule has 100 valence electrons. The van der Waals surface area contributed by atoms with E-state index in [4.69, 9.17) is 9.26 Å². The molecule has 0 saturated carbocycles. The van der Waals surface area contributed by atoms with E-state index in [9.17, 15) is 0 Å².